The first-order chi connectivity index (χ1) is 10.1. The molecule has 0 radical (unpaired) electrons. The maximum Gasteiger partial charge on any atom is 0.243 e. The minimum absolute atomic E-state index is 0.129. The molecule has 0 bridgehead atoms. The van der Waals surface area contributed by atoms with Gasteiger partial charge in [-0.25, -0.2) is 12.8 Å². The van der Waals surface area contributed by atoms with Crippen molar-refractivity contribution in [3.05, 3.63) is 60.2 Å². The Labute approximate surface area is 123 Å². The van der Waals surface area contributed by atoms with Crippen molar-refractivity contribution in [2.24, 2.45) is 0 Å². The van der Waals surface area contributed by atoms with E-state index in [1.54, 1.807) is 12.4 Å². The van der Waals surface area contributed by atoms with E-state index in [9.17, 15) is 12.8 Å². The van der Waals surface area contributed by atoms with Crippen molar-refractivity contribution in [2.45, 2.75) is 23.8 Å². The zero-order valence-corrected chi connectivity index (χ0v) is 12.1. The Hall–Kier alpha value is -1.79. The highest BCUT2D eigenvalue weighted by Gasteiger charge is 2.36. The molecule has 0 amide bonds. The van der Waals surface area contributed by atoms with Gasteiger partial charge in [-0.2, -0.15) is 4.31 Å². The molecule has 1 aromatic carbocycles. The molecule has 0 spiro atoms. The molecule has 1 aromatic heterocycles. The third-order valence-electron chi connectivity index (χ3n) is 3.71. The summed E-state index contributed by atoms with van der Waals surface area (Å²) >= 11 is 0. The molecule has 1 aliphatic rings. The molecule has 1 aliphatic heterocycles. The van der Waals surface area contributed by atoms with Gasteiger partial charge in [0.15, 0.2) is 0 Å². The second-order valence-electron chi connectivity index (χ2n) is 5.01. The molecule has 1 saturated heterocycles. The van der Waals surface area contributed by atoms with Crippen LogP contribution in [0.2, 0.25) is 0 Å². The van der Waals surface area contributed by atoms with Gasteiger partial charge in [0.05, 0.1) is 10.9 Å². The number of hydrogen-bond acceptors (Lipinski definition) is 3. The molecule has 1 fully saturated rings. The maximum absolute atomic E-state index is 13.0. The standard InChI is InChI=1S/C15H15FN2O2S/c16-13-3-5-14(6-4-13)21(19,20)18-11-1-2-15(18)12-7-9-17-10-8-12/h3-10,15H,1-2,11H2. The van der Waals surface area contributed by atoms with Crippen LogP contribution in [0.3, 0.4) is 0 Å². The Morgan fingerprint density at radius 2 is 1.76 bits per heavy atom. The zero-order valence-electron chi connectivity index (χ0n) is 11.3. The van der Waals surface area contributed by atoms with Gasteiger partial charge in [-0.05, 0) is 54.8 Å². The molecule has 3 rings (SSSR count). The predicted molar refractivity (Wildman–Crippen MR) is 76.5 cm³/mol. The molecule has 1 atom stereocenters. The van der Waals surface area contributed by atoms with Crippen molar-refractivity contribution < 1.29 is 12.8 Å². The average Bonchev–Trinajstić information content (AvgIpc) is 2.99. The monoisotopic (exact) mass is 306 g/mol. The van der Waals surface area contributed by atoms with Crippen molar-refractivity contribution in [1.82, 2.24) is 9.29 Å². The quantitative estimate of drug-likeness (QED) is 0.876. The summed E-state index contributed by atoms with van der Waals surface area (Å²) in [5, 5.41) is 0. The van der Waals surface area contributed by atoms with E-state index in [0.717, 1.165) is 18.4 Å². The van der Waals surface area contributed by atoms with Crippen LogP contribution >= 0.6 is 0 Å². The van der Waals surface area contributed by atoms with Gasteiger partial charge >= 0.3 is 0 Å². The molecule has 1 unspecified atom stereocenters. The average molecular weight is 306 g/mol. The number of rotatable bonds is 3. The SMILES string of the molecule is O=S(=O)(c1ccc(F)cc1)N1CCCC1c1ccncc1. The third-order valence-corrected chi connectivity index (χ3v) is 5.64. The maximum atomic E-state index is 13.0. The minimum Gasteiger partial charge on any atom is -0.265 e. The van der Waals surface area contributed by atoms with Crippen LogP contribution in [0, 0.1) is 5.82 Å². The van der Waals surface area contributed by atoms with E-state index >= 15 is 0 Å². The number of aromatic nitrogens is 1. The van der Waals surface area contributed by atoms with Crippen molar-refractivity contribution >= 4 is 10.0 Å². The molecule has 21 heavy (non-hydrogen) atoms. The van der Waals surface area contributed by atoms with Gasteiger partial charge in [-0.3, -0.25) is 4.98 Å². The van der Waals surface area contributed by atoms with Crippen molar-refractivity contribution in [2.75, 3.05) is 6.54 Å². The smallest absolute Gasteiger partial charge is 0.243 e. The van der Waals surface area contributed by atoms with Crippen molar-refractivity contribution in [3.8, 4) is 0 Å². The Morgan fingerprint density at radius 1 is 1.10 bits per heavy atom. The van der Waals surface area contributed by atoms with Crippen LogP contribution in [0.1, 0.15) is 24.4 Å². The molecular formula is C15H15FN2O2S. The first kappa shape index (κ1) is 14.2. The van der Waals surface area contributed by atoms with Gasteiger partial charge < -0.3 is 0 Å². The van der Waals surface area contributed by atoms with E-state index in [0.29, 0.717) is 6.54 Å². The summed E-state index contributed by atoms with van der Waals surface area (Å²) in [6.07, 6.45) is 4.92. The molecular weight excluding hydrogens is 291 g/mol. The van der Waals surface area contributed by atoms with E-state index in [1.165, 1.54) is 28.6 Å². The fourth-order valence-corrected chi connectivity index (χ4v) is 4.37. The van der Waals surface area contributed by atoms with Crippen LogP contribution in [0.15, 0.2) is 53.7 Å². The van der Waals surface area contributed by atoms with E-state index in [-0.39, 0.29) is 10.9 Å². The zero-order chi connectivity index (χ0) is 14.9. The van der Waals surface area contributed by atoms with Crippen LogP contribution in [-0.2, 0) is 10.0 Å². The van der Waals surface area contributed by atoms with Gasteiger partial charge in [0.2, 0.25) is 10.0 Å². The van der Waals surface area contributed by atoms with E-state index in [4.69, 9.17) is 0 Å². The Balaban J connectivity index is 1.96. The van der Waals surface area contributed by atoms with Gasteiger partial charge in [-0.1, -0.05) is 0 Å². The highest BCUT2D eigenvalue weighted by molar-refractivity contribution is 7.89. The Morgan fingerprint density at radius 3 is 2.43 bits per heavy atom. The topological polar surface area (TPSA) is 50.3 Å². The molecule has 2 heterocycles. The highest BCUT2D eigenvalue weighted by atomic mass is 32.2. The second-order valence-corrected chi connectivity index (χ2v) is 6.90. The van der Waals surface area contributed by atoms with Crippen LogP contribution < -0.4 is 0 Å². The lowest BCUT2D eigenvalue weighted by Gasteiger charge is -2.24. The predicted octanol–water partition coefficient (Wildman–Crippen LogP) is 2.75. The third kappa shape index (κ3) is 2.69. The molecule has 4 nitrogen and oxygen atoms in total. The number of halogens is 1. The summed E-state index contributed by atoms with van der Waals surface area (Å²) in [5.74, 6) is -0.443. The summed E-state index contributed by atoms with van der Waals surface area (Å²) < 4.78 is 39.9. The summed E-state index contributed by atoms with van der Waals surface area (Å²) in [5.41, 5.74) is 0.938. The summed E-state index contributed by atoms with van der Waals surface area (Å²) in [6, 6.07) is 8.46. The number of nitrogens with zero attached hydrogens (tertiary/aromatic N) is 2. The molecule has 0 aliphatic carbocycles. The lowest BCUT2D eigenvalue weighted by atomic mass is 10.1. The number of benzene rings is 1. The minimum atomic E-state index is -3.61. The molecule has 110 valence electrons. The largest absolute Gasteiger partial charge is 0.265 e. The molecule has 0 saturated carbocycles. The fraction of sp³-hybridized carbons (Fsp3) is 0.267. The lowest BCUT2D eigenvalue weighted by molar-refractivity contribution is 0.396. The van der Waals surface area contributed by atoms with E-state index < -0.39 is 15.8 Å². The first-order valence-electron chi connectivity index (χ1n) is 6.76. The Bertz CT molecular complexity index is 717. The number of pyridine rings is 1. The van der Waals surface area contributed by atoms with Gasteiger partial charge in [-0.15, -0.1) is 0 Å². The first-order valence-corrected chi connectivity index (χ1v) is 8.20. The number of sulfonamides is 1. The molecule has 0 N–H and O–H groups in total. The van der Waals surface area contributed by atoms with Crippen molar-refractivity contribution in [3.63, 3.8) is 0 Å². The molecule has 6 heteroatoms. The highest BCUT2D eigenvalue weighted by Crippen LogP contribution is 2.36. The van der Waals surface area contributed by atoms with Gasteiger partial charge in [0.1, 0.15) is 5.82 Å². The summed E-state index contributed by atoms with van der Waals surface area (Å²) in [4.78, 5) is 4.09. The van der Waals surface area contributed by atoms with Crippen LogP contribution in [0.4, 0.5) is 4.39 Å². The van der Waals surface area contributed by atoms with Gasteiger partial charge in [0, 0.05) is 18.9 Å². The van der Waals surface area contributed by atoms with Crippen molar-refractivity contribution in [1.29, 1.82) is 0 Å². The van der Waals surface area contributed by atoms with Crippen LogP contribution in [0.25, 0.3) is 0 Å². The van der Waals surface area contributed by atoms with Crippen LogP contribution in [-0.4, -0.2) is 24.3 Å². The normalized spacial score (nSPS) is 19.8. The molecule has 2 aromatic rings. The summed E-state index contributed by atoms with van der Waals surface area (Å²) in [7, 11) is -3.61. The number of hydrogen-bond donors (Lipinski definition) is 0. The second kappa shape index (κ2) is 5.54. The fourth-order valence-electron chi connectivity index (χ4n) is 2.69. The summed E-state index contributed by atoms with van der Waals surface area (Å²) in [6.45, 7) is 0.479. The van der Waals surface area contributed by atoms with Crippen LogP contribution in [0.5, 0.6) is 0 Å². The Kier molecular flexibility index (Phi) is 3.73. The van der Waals surface area contributed by atoms with Gasteiger partial charge in [0.25, 0.3) is 0 Å². The van der Waals surface area contributed by atoms with E-state index in [2.05, 4.69) is 4.98 Å². The van der Waals surface area contributed by atoms with E-state index in [1.807, 2.05) is 12.1 Å². The lowest BCUT2D eigenvalue weighted by Crippen LogP contribution is -2.30.